The second kappa shape index (κ2) is 35.1. The highest BCUT2D eigenvalue weighted by Crippen LogP contribution is 2.13. The van der Waals surface area contributed by atoms with E-state index in [1.54, 1.807) is 0 Å². The number of rotatable bonds is 35. The van der Waals surface area contributed by atoms with Gasteiger partial charge in [0.1, 0.15) is 6.61 Å². The highest BCUT2D eigenvalue weighted by atomic mass is 16.6. The Morgan fingerprint density at radius 3 is 1.54 bits per heavy atom. The summed E-state index contributed by atoms with van der Waals surface area (Å²) >= 11 is 0. The molecule has 0 aliphatic rings. The van der Waals surface area contributed by atoms with Gasteiger partial charge in [0.25, 0.3) is 0 Å². The molecule has 2 unspecified atom stereocenters. The Morgan fingerprint density at radius 2 is 1.02 bits per heavy atom. The number of unbranched alkanes of at least 4 members (excludes halogenated alkanes) is 11. The summed E-state index contributed by atoms with van der Waals surface area (Å²) in [4.78, 5) is 36.8. The number of likely N-dealkylation sites (N-methyl/N-ethyl adjacent to an activating group) is 1. The van der Waals surface area contributed by atoms with E-state index in [1.807, 2.05) is 21.1 Å². The van der Waals surface area contributed by atoms with Gasteiger partial charge in [-0.25, -0.2) is 4.79 Å². The van der Waals surface area contributed by atoms with E-state index in [1.165, 1.54) is 38.5 Å². The summed E-state index contributed by atoms with van der Waals surface area (Å²) in [5.41, 5.74) is 0. The van der Waals surface area contributed by atoms with Gasteiger partial charge in [-0.05, 0) is 70.6 Å². The fourth-order valence-corrected chi connectivity index (χ4v) is 5.55. The minimum Gasteiger partial charge on any atom is -0.477 e. The zero-order valence-electron chi connectivity index (χ0n) is 33.7. The molecule has 0 bridgehead atoms. The van der Waals surface area contributed by atoms with Gasteiger partial charge in [-0.2, -0.15) is 0 Å². The van der Waals surface area contributed by atoms with Crippen LogP contribution in [0.2, 0.25) is 0 Å². The number of aliphatic carboxylic acids is 1. The summed E-state index contributed by atoms with van der Waals surface area (Å²) in [7, 11) is 5.50. The Bertz CT molecular complexity index is 1040. The highest BCUT2D eigenvalue weighted by Gasteiger charge is 2.31. The molecule has 0 aromatic rings. The molecule has 52 heavy (non-hydrogen) atoms. The molecule has 0 aliphatic carbocycles. The maximum absolute atomic E-state index is 12.6. The van der Waals surface area contributed by atoms with Crippen molar-refractivity contribution >= 4 is 17.9 Å². The van der Waals surface area contributed by atoms with Crippen molar-refractivity contribution in [3.63, 3.8) is 0 Å². The third-order valence-corrected chi connectivity index (χ3v) is 8.66. The summed E-state index contributed by atoms with van der Waals surface area (Å²) in [5, 5.41) is 9.58. The van der Waals surface area contributed by atoms with Gasteiger partial charge in [0.05, 0.1) is 34.4 Å². The molecule has 8 nitrogen and oxygen atoms in total. The van der Waals surface area contributed by atoms with E-state index < -0.39 is 18.1 Å². The maximum Gasteiger partial charge on any atom is 0.362 e. The topological polar surface area (TPSA) is 99.1 Å². The van der Waals surface area contributed by atoms with Crippen molar-refractivity contribution in [3.8, 4) is 0 Å². The number of allylic oxidation sites excluding steroid dienone is 10. The lowest BCUT2D eigenvalue weighted by atomic mass is 10.1. The first-order valence-corrected chi connectivity index (χ1v) is 20.3. The number of esters is 2. The lowest BCUT2D eigenvalue weighted by molar-refractivity contribution is -0.887. The summed E-state index contributed by atoms with van der Waals surface area (Å²) < 4.78 is 17.1. The van der Waals surface area contributed by atoms with Gasteiger partial charge in [0.15, 0.2) is 12.1 Å². The van der Waals surface area contributed by atoms with Gasteiger partial charge in [0, 0.05) is 19.3 Å². The molecule has 0 aromatic heterocycles. The molecule has 0 saturated heterocycles. The minimum absolute atomic E-state index is 0.0439. The van der Waals surface area contributed by atoms with E-state index in [0.717, 1.165) is 70.6 Å². The highest BCUT2D eigenvalue weighted by molar-refractivity contribution is 5.72. The van der Waals surface area contributed by atoms with Crippen LogP contribution in [0.25, 0.3) is 0 Å². The Labute approximate surface area is 318 Å². The number of carboxylic acids is 1. The van der Waals surface area contributed by atoms with Gasteiger partial charge in [-0.3, -0.25) is 9.59 Å². The predicted octanol–water partition coefficient (Wildman–Crippen LogP) is 10.6. The lowest BCUT2D eigenvalue weighted by Crippen LogP contribution is -2.50. The second-order valence-electron chi connectivity index (χ2n) is 14.5. The normalized spacial score (nSPS) is 13.6. The van der Waals surface area contributed by atoms with Crippen molar-refractivity contribution in [2.45, 2.75) is 161 Å². The summed E-state index contributed by atoms with van der Waals surface area (Å²) in [6.45, 7) is 4.44. The van der Waals surface area contributed by atoms with Crippen LogP contribution >= 0.6 is 0 Å². The SMILES string of the molecule is CC/C=C/C/C=C/C/C=C/CCCCCCCCCCCC(=O)OCC(COCCC(C(=O)O)[N+](C)(C)C)OC(=O)CCCC/C=C/C/C=C/CC. The van der Waals surface area contributed by atoms with Crippen LogP contribution in [0, 0.1) is 0 Å². The van der Waals surface area contributed by atoms with Crippen LogP contribution in [-0.4, -0.2) is 80.6 Å². The predicted molar refractivity (Wildman–Crippen MR) is 215 cm³/mol. The molecule has 0 rings (SSSR count). The molecule has 298 valence electrons. The van der Waals surface area contributed by atoms with Crippen LogP contribution in [0.1, 0.15) is 149 Å². The average Bonchev–Trinajstić information content (AvgIpc) is 3.09. The molecular weight excluding hydrogens is 654 g/mol. The molecule has 2 atom stereocenters. The van der Waals surface area contributed by atoms with Crippen molar-refractivity contribution in [1.29, 1.82) is 0 Å². The number of nitrogens with zero attached hydrogens (tertiary/aromatic N) is 1. The van der Waals surface area contributed by atoms with Crippen LogP contribution in [0.4, 0.5) is 0 Å². The van der Waals surface area contributed by atoms with E-state index in [2.05, 4.69) is 74.6 Å². The Hall–Kier alpha value is -2.97. The first-order valence-electron chi connectivity index (χ1n) is 20.3. The van der Waals surface area contributed by atoms with Crippen LogP contribution in [0.5, 0.6) is 0 Å². The third-order valence-electron chi connectivity index (χ3n) is 8.66. The molecule has 0 amide bonds. The number of carboxylic acid groups (broad SMARTS) is 1. The molecule has 8 heteroatoms. The summed E-state index contributed by atoms with van der Waals surface area (Å²) in [6.07, 6.45) is 41.4. The van der Waals surface area contributed by atoms with E-state index in [9.17, 15) is 19.5 Å². The second-order valence-corrected chi connectivity index (χ2v) is 14.5. The quantitative estimate of drug-likeness (QED) is 0.0300. The largest absolute Gasteiger partial charge is 0.477 e. The van der Waals surface area contributed by atoms with Gasteiger partial charge >= 0.3 is 17.9 Å². The Balaban J connectivity index is 4.31. The summed E-state index contributed by atoms with van der Waals surface area (Å²) in [6, 6.07) is -0.621. The van der Waals surface area contributed by atoms with Crippen LogP contribution < -0.4 is 0 Å². The monoisotopic (exact) mass is 731 g/mol. The Kier molecular flexibility index (Phi) is 33.1. The molecule has 0 aromatic carbocycles. The van der Waals surface area contributed by atoms with E-state index in [0.29, 0.717) is 19.3 Å². The number of hydrogen-bond donors (Lipinski definition) is 1. The lowest BCUT2D eigenvalue weighted by Gasteiger charge is -2.31. The average molecular weight is 731 g/mol. The van der Waals surface area contributed by atoms with Crippen LogP contribution in [-0.2, 0) is 28.6 Å². The summed E-state index contributed by atoms with van der Waals surface area (Å²) in [5.74, 6) is -1.53. The van der Waals surface area contributed by atoms with Gasteiger partial charge in [-0.1, -0.05) is 120 Å². The number of ether oxygens (including phenoxy) is 3. The number of carbonyl (C=O) groups is 3. The molecule has 0 aliphatic heterocycles. The fourth-order valence-electron chi connectivity index (χ4n) is 5.55. The van der Waals surface area contributed by atoms with Crippen molar-refractivity contribution in [3.05, 3.63) is 60.8 Å². The van der Waals surface area contributed by atoms with Gasteiger partial charge in [-0.15, -0.1) is 0 Å². The maximum atomic E-state index is 12.6. The standard InChI is InChI=1S/C44H75NO7/c1-6-8-10-12-14-16-17-18-19-20-21-22-23-24-25-27-28-30-32-34-42(46)51-39-40(38-50-37-36-41(44(48)49)45(3,4)5)52-43(47)35-33-31-29-26-15-13-11-9-7-2/h8-11,14-16,18-19,26,40-41H,6-7,12-13,17,20-25,27-39H2,1-5H3/p+1/b10-8+,11-9+,16-14+,19-18+,26-15+. The van der Waals surface area contributed by atoms with Crippen molar-refractivity contribution in [1.82, 2.24) is 0 Å². The molecular formula is C44H76NO7+. The van der Waals surface area contributed by atoms with Gasteiger partial charge in [0.2, 0.25) is 0 Å². The molecule has 0 saturated carbocycles. The molecule has 0 spiro atoms. The zero-order valence-corrected chi connectivity index (χ0v) is 33.7. The number of quaternary nitrogens is 1. The molecule has 1 N–H and O–H groups in total. The number of hydrogen-bond acceptors (Lipinski definition) is 6. The first-order chi connectivity index (χ1) is 25.1. The minimum atomic E-state index is -0.884. The smallest absolute Gasteiger partial charge is 0.362 e. The van der Waals surface area contributed by atoms with Crippen LogP contribution in [0.3, 0.4) is 0 Å². The molecule has 0 fully saturated rings. The van der Waals surface area contributed by atoms with Gasteiger partial charge < -0.3 is 23.8 Å². The zero-order chi connectivity index (χ0) is 38.5. The van der Waals surface area contributed by atoms with Crippen molar-refractivity contribution in [2.75, 3.05) is 41.0 Å². The van der Waals surface area contributed by atoms with E-state index >= 15 is 0 Å². The molecule has 0 radical (unpaired) electrons. The van der Waals surface area contributed by atoms with Crippen molar-refractivity contribution in [2.24, 2.45) is 0 Å². The fraction of sp³-hybridized carbons (Fsp3) is 0.705. The van der Waals surface area contributed by atoms with Crippen molar-refractivity contribution < 1.29 is 38.2 Å². The van der Waals surface area contributed by atoms with E-state index in [-0.39, 0.29) is 42.7 Å². The number of carbonyl (C=O) groups excluding carboxylic acids is 2. The van der Waals surface area contributed by atoms with Crippen LogP contribution in [0.15, 0.2) is 60.8 Å². The first kappa shape index (κ1) is 49.0. The molecule has 0 heterocycles. The van der Waals surface area contributed by atoms with E-state index in [4.69, 9.17) is 14.2 Å². The third kappa shape index (κ3) is 32.9. The Morgan fingerprint density at radius 1 is 0.577 bits per heavy atom.